The van der Waals surface area contributed by atoms with Crippen molar-refractivity contribution in [2.24, 2.45) is 5.92 Å². The minimum Gasteiger partial charge on any atom is -0.466 e. The van der Waals surface area contributed by atoms with Crippen molar-refractivity contribution in [1.29, 1.82) is 0 Å². The van der Waals surface area contributed by atoms with E-state index in [0.717, 1.165) is 16.5 Å². The van der Waals surface area contributed by atoms with Crippen molar-refractivity contribution in [2.75, 3.05) is 6.61 Å². The number of carbonyl (C=O) groups excluding carboxylic acids is 4. The first kappa shape index (κ1) is 34.8. The molecule has 0 radical (unpaired) electrons. The van der Waals surface area contributed by atoms with Gasteiger partial charge >= 0.3 is 5.97 Å². The van der Waals surface area contributed by atoms with Gasteiger partial charge < -0.3 is 30.8 Å². The van der Waals surface area contributed by atoms with E-state index >= 15 is 0 Å². The maximum Gasteiger partial charge on any atom is 0.308 e. The monoisotopic (exact) mass is 642 g/mol. The number of fused-ring (bicyclic) bond motifs is 1. The maximum atomic E-state index is 14.0. The van der Waals surface area contributed by atoms with Gasteiger partial charge in [0.1, 0.15) is 12.1 Å². The highest BCUT2D eigenvalue weighted by atomic mass is 16.5. The lowest BCUT2D eigenvalue weighted by molar-refractivity contribution is -0.146. The number of aliphatic hydroxyl groups is 1. The standard InChI is InChI=1S/C35H42N6O6/c1-4-47-32(43)19-31(42)28(16-22(2)3)39-35(46)30(18-25-20-36-21-38-25)41-34(45)29(40-33(44)23-10-6-5-7-11-23)17-24-12-8-14-27-26(24)13-9-15-37-27/h5-15,20-22,28-31,42H,4,16-19H2,1-3H3,(H,36,38)(H,39,46)(H,40,44)(H,41,45)/t28?,29-,30+,31?/m0/s1. The summed E-state index contributed by atoms with van der Waals surface area (Å²) in [5, 5.41) is 20.3. The molecule has 0 saturated heterocycles. The summed E-state index contributed by atoms with van der Waals surface area (Å²) in [6.45, 7) is 5.71. The number of aliphatic hydroxyl groups excluding tert-OH is 1. The molecule has 5 N–H and O–H groups in total. The second-order valence-electron chi connectivity index (χ2n) is 11.7. The molecule has 47 heavy (non-hydrogen) atoms. The smallest absolute Gasteiger partial charge is 0.308 e. The lowest BCUT2D eigenvalue weighted by atomic mass is 9.96. The number of amides is 3. The lowest BCUT2D eigenvalue weighted by Gasteiger charge is -2.28. The molecule has 2 aromatic heterocycles. The molecule has 4 atom stereocenters. The quantitative estimate of drug-likeness (QED) is 0.116. The SMILES string of the molecule is CCOC(=O)CC(O)C(CC(C)C)NC(=O)[C@@H](Cc1c[nH]cn1)NC(=O)[C@H](Cc1cccc2ncccc12)NC(=O)c1ccccc1. The van der Waals surface area contributed by atoms with E-state index in [9.17, 15) is 24.3 Å². The van der Waals surface area contributed by atoms with Crippen molar-refractivity contribution in [2.45, 2.75) is 70.7 Å². The third kappa shape index (κ3) is 10.2. The molecule has 2 unspecified atom stereocenters. The summed E-state index contributed by atoms with van der Waals surface area (Å²) in [6.07, 6.45) is 3.79. The zero-order chi connectivity index (χ0) is 33.8. The molecule has 4 aromatic rings. The third-order valence-corrected chi connectivity index (χ3v) is 7.62. The first-order chi connectivity index (χ1) is 22.6. The second-order valence-corrected chi connectivity index (χ2v) is 11.7. The number of imidazole rings is 1. The Kier molecular flexibility index (Phi) is 12.6. The topological polar surface area (TPSA) is 175 Å². The molecular weight excluding hydrogens is 600 g/mol. The van der Waals surface area contributed by atoms with Gasteiger partial charge in [-0.05, 0) is 49.1 Å². The van der Waals surface area contributed by atoms with Gasteiger partial charge in [-0.2, -0.15) is 0 Å². The molecule has 248 valence electrons. The summed E-state index contributed by atoms with van der Waals surface area (Å²) in [4.78, 5) is 64.8. The van der Waals surface area contributed by atoms with E-state index in [4.69, 9.17) is 4.74 Å². The van der Waals surface area contributed by atoms with Crippen molar-refractivity contribution in [3.63, 3.8) is 0 Å². The van der Waals surface area contributed by atoms with Crippen LogP contribution in [0.3, 0.4) is 0 Å². The first-order valence-electron chi connectivity index (χ1n) is 15.7. The molecule has 12 heteroatoms. The largest absolute Gasteiger partial charge is 0.466 e. The molecular formula is C35H42N6O6. The molecule has 0 saturated carbocycles. The summed E-state index contributed by atoms with van der Waals surface area (Å²) in [6, 6.07) is 14.8. The molecule has 0 bridgehead atoms. The van der Waals surface area contributed by atoms with Crippen molar-refractivity contribution >= 4 is 34.6 Å². The van der Waals surface area contributed by atoms with Gasteiger partial charge in [0.25, 0.3) is 5.91 Å². The first-order valence-corrected chi connectivity index (χ1v) is 15.7. The van der Waals surface area contributed by atoms with Gasteiger partial charge in [0.15, 0.2) is 0 Å². The fraction of sp³-hybridized carbons (Fsp3) is 0.371. The fourth-order valence-electron chi connectivity index (χ4n) is 5.33. The summed E-state index contributed by atoms with van der Waals surface area (Å²) in [5.41, 5.74) is 2.43. The highest BCUT2D eigenvalue weighted by molar-refractivity contribution is 5.98. The van der Waals surface area contributed by atoms with Crippen LogP contribution in [0.15, 0.2) is 79.4 Å². The predicted octanol–water partition coefficient (Wildman–Crippen LogP) is 2.87. The van der Waals surface area contributed by atoms with Crippen LogP contribution in [-0.2, 0) is 32.0 Å². The number of hydrogen-bond acceptors (Lipinski definition) is 8. The Hall–Kier alpha value is -5.10. The molecule has 4 rings (SSSR count). The van der Waals surface area contributed by atoms with Crippen LogP contribution in [0.5, 0.6) is 0 Å². The Morgan fingerprint density at radius 1 is 0.872 bits per heavy atom. The molecule has 2 aromatic carbocycles. The molecule has 0 aliphatic heterocycles. The Morgan fingerprint density at radius 3 is 2.32 bits per heavy atom. The number of aromatic amines is 1. The van der Waals surface area contributed by atoms with Crippen LogP contribution in [0.25, 0.3) is 10.9 Å². The van der Waals surface area contributed by atoms with Crippen LogP contribution in [0, 0.1) is 5.92 Å². The summed E-state index contributed by atoms with van der Waals surface area (Å²) >= 11 is 0. The number of benzene rings is 2. The summed E-state index contributed by atoms with van der Waals surface area (Å²) in [5.74, 6) is -2.11. The van der Waals surface area contributed by atoms with E-state index in [0.29, 0.717) is 17.7 Å². The van der Waals surface area contributed by atoms with Crippen LogP contribution >= 0.6 is 0 Å². The Morgan fingerprint density at radius 2 is 1.62 bits per heavy atom. The number of nitrogens with one attached hydrogen (secondary N) is 4. The van der Waals surface area contributed by atoms with Gasteiger partial charge in [-0.3, -0.25) is 24.2 Å². The molecule has 0 aliphatic carbocycles. The molecule has 2 heterocycles. The number of nitrogens with zero attached hydrogens (tertiary/aromatic N) is 2. The average Bonchev–Trinajstić information content (AvgIpc) is 3.57. The normalized spacial score (nSPS) is 13.7. The molecule has 0 fully saturated rings. The average molecular weight is 643 g/mol. The highest BCUT2D eigenvalue weighted by Gasteiger charge is 2.32. The number of rotatable bonds is 16. The number of aromatic nitrogens is 3. The van der Waals surface area contributed by atoms with Crippen LogP contribution in [0.1, 0.15) is 55.2 Å². The van der Waals surface area contributed by atoms with E-state index in [1.54, 1.807) is 55.7 Å². The number of ether oxygens (including phenoxy) is 1. The molecule has 12 nitrogen and oxygen atoms in total. The number of esters is 1. The van der Waals surface area contributed by atoms with E-state index in [-0.39, 0.29) is 31.8 Å². The molecule has 0 aliphatic rings. The third-order valence-electron chi connectivity index (χ3n) is 7.62. The van der Waals surface area contributed by atoms with E-state index in [2.05, 4.69) is 30.9 Å². The van der Waals surface area contributed by atoms with Gasteiger partial charge in [-0.1, -0.05) is 50.2 Å². The van der Waals surface area contributed by atoms with Gasteiger partial charge in [-0.25, -0.2) is 4.98 Å². The van der Waals surface area contributed by atoms with Gasteiger partial charge in [0.2, 0.25) is 11.8 Å². The molecule has 0 spiro atoms. The van der Waals surface area contributed by atoms with Crippen molar-refractivity contribution in [1.82, 2.24) is 30.9 Å². The van der Waals surface area contributed by atoms with E-state index < -0.39 is 47.9 Å². The van der Waals surface area contributed by atoms with Crippen LogP contribution in [0.4, 0.5) is 0 Å². The van der Waals surface area contributed by atoms with Crippen molar-refractivity contribution in [3.05, 3.63) is 96.2 Å². The predicted molar refractivity (Wildman–Crippen MR) is 176 cm³/mol. The van der Waals surface area contributed by atoms with Gasteiger partial charge in [-0.15, -0.1) is 0 Å². The summed E-state index contributed by atoms with van der Waals surface area (Å²) < 4.78 is 4.99. The number of pyridine rings is 1. The molecule has 3 amide bonds. The lowest BCUT2D eigenvalue weighted by Crippen LogP contribution is -2.57. The number of carbonyl (C=O) groups is 4. The van der Waals surface area contributed by atoms with Gasteiger partial charge in [0.05, 0.1) is 42.7 Å². The Labute approximate surface area is 273 Å². The fourth-order valence-corrected chi connectivity index (χ4v) is 5.33. The Balaban J connectivity index is 1.60. The maximum absolute atomic E-state index is 14.0. The Bertz CT molecular complexity index is 1620. The minimum absolute atomic E-state index is 0.0288. The van der Waals surface area contributed by atoms with Crippen LogP contribution < -0.4 is 16.0 Å². The van der Waals surface area contributed by atoms with Crippen LogP contribution in [0.2, 0.25) is 0 Å². The van der Waals surface area contributed by atoms with Gasteiger partial charge in [0, 0.05) is 36.2 Å². The zero-order valence-electron chi connectivity index (χ0n) is 26.8. The van der Waals surface area contributed by atoms with Crippen molar-refractivity contribution < 1.29 is 29.0 Å². The summed E-state index contributed by atoms with van der Waals surface area (Å²) in [7, 11) is 0. The number of H-pyrrole nitrogens is 1. The van der Waals surface area contributed by atoms with Crippen LogP contribution in [-0.4, -0.2) is 74.6 Å². The van der Waals surface area contributed by atoms with Crippen molar-refractivity contribution in [3.8, 4) is 0 Å². The number of hydrogen-bond donors (Lipinski definition) is 5. The van der Waals surface area contributed by atoms with E-state index in [1.807, 2.05) is 38.1 Å². The zero-order valence-corrected chi connectivity index (χ0v) is 26.8. The minimum atomic E-state index is -1.21. The van der Waals surface area contributed by atoms with E-state index in [1.165, 1.54) is 6.33 Å². The highest BCUT2D eigenvalue weighted by Crippen LogP contribution is 2.19. The second kappa shape index (κ2) is 17.0.